The van der Waals surface area contributed by atoms with Crippen molar-refractivity contribution in [3.63, 3.8) is 0 Å². The van der Waals surface area contributed by atoms with Crippen LogP contribution in [0.1, 0.15) is 6.92 Å². The van der Waals surface area contributed by atoms with Gasteiger partial charge in [-0.1, -0.05) is 22.9 Å². The minimum Gasteiger partial charge on any atom is -0.236 e. The topological polar surface area (TPSA) is 19.9 Å². The Morgan fingerprint density at radius 2 is 2.33 bits per heavy atom. The van der Waals surface area contributed by atoms with Crippen LogP contribution in [0.15, 0.2) is 0 Å². The average Bonchev–Trinajstić information content (AvgIpc) is 1.65. The van der Waals surface area contributed by atoms with Gasteiger partial charge in [0.05, 0.1) is 6.61 Å². The number of hydrogen-bond acceptors (Lipinski definition) is 0. The minimum atomic E-state index is 0.0330. The second kappa shape index (κ2) is 3.62. The maximum absolute atomic E-state index is 9.83. The van der Waals surface area contributed by atoms with Gasteiger partial charge in [0, 0.05) is 5.33 Å². The van der Waals surface area contributed by atoms with Gasteiger partial charge < -0.3 is 0 Å². The summed E-state index contributed by atoms with van der Waals surface area (Å²) in [6.45, 7) is 1.95. The predicted molar refractivity (Wildman–Crippen MR) is 28.5 cm³/mol. The summed E-state index contributed by atoms with van der Waals surface area (Å²) in [4.78, 5) is 0. The van der Waals surface area contributed by atoms with Crippen LogP contribution < -0.4 is 0 Å². The summed E-state index contributed by atoms with van der Waals surface area (Å²) in [5.74, 6) is 0.296. The molecule has 2 heteroatoms. The third-order valence-electron chi connectivity index (χ3n) is 0.548. The number of halogens is 1. The summed E-state index contributed by atoms with van der Waals surface area (Å²) in [6.07, 6.45) is 0. The van der Waals surface area contributed by atoms with E-state index in [0.29, 0.717) is 5.92 Å². The first-order chi connectivity index (χ1) is 2.81. The molecule has 37 valence electrons. The van der Waals surface area contributed by atoms with Gasteiger partial charge in [0.2, 0.25) is 0 Å². The molecule has 0 saturated heterocycles. The lowest BCUT2D eigenvalue weighted by Gasteiger charge is -1.94. The Hall–Kier alpha value is 0.440. The smallest absolute Gasteiger partial charge is 0.0855 e. The van der Waals surface area contributed by atoms with Crippen LogP contribution >= 0.6 is 15.9 Å². The molecule has 0 spiro atoms. The van der Waals surface area contributed by atoms with Crippen molar-refractivity contribution in [2.75, 3.05) is 11.9 Å². The highest BCUT2D eigenvalue weighted by atomic mass is 79.9. The van der Waals surface area contributed by atoms with E-state index >= 15 is 0 Å². The van der Waals surface area contributed by atoms with E-state index in [1.165, 1.54) is 0 Å². The van der Waals surface area contributed by atoms with Crippen LogP contribution in [0.5, 0.6) is 0 Å². The fourth-order valence-corrected chi connectivity index (χ4v) is 0.231. The normalized spacial score (nSPS) is 14.5. The fraction of sp³-hybridized carbons (Fsp3) is 1.00. The van der Waals surface area contributed by atoms with Crippen LogP contribution in [0, 0.1) is 5.92 Å². The van der Waals surface area contributed by atoms with Crippen molar-refractivity contribution in [1.82, 2.24) is 0 Å². The average molecular weight is 152 g/mol. The largest absolute Gasteiger partial charge is 0.236 e. The van der Waals surface area contributed by atoms with Crippen LogP contribution in [0.4, 0.5) is 0 Å². The Morgan fingerprint density at radius 1 is 1.83 bits per heavy atom. The van der Waals surface area contributed by atoms with E-state index in [9.17, 15) is 5.11 Å². The number of hydrogen-bond donors (Lipinski definition) is 0. The molecule has 0 N–H and O–H groups in total. The maximum Gasteiger partial charge on any atom is 0.0855 e. The Balaban J connectivity index is 2.75. The molecule has 0 bridgehead atoms. The number of alkyl halides is 1. The highest BCUT2D eigenvalue weighted by Crippen LogP contribution is 1.95. The molecule has 6 heavy (non-hydrogen) atoms. The van der Waals surface area contributed by atoms with Crippen molar-refractivity contribution in [3.8, 4) is 0 Å². The lowest BCUT2D eigenvalue weighted by molar-refractivity contribution is 0.160. The van der Waals surface area contributed by atoms with Crippen molar-refractivity contribution in [2.24, 2.45) is 5.92 Å². The maximum atomic E-state index is 9.83. The molecule has 0 aromatic rings. The van der Waals surface area contributed by atoms with E-state index in [1.807, 2.05) is 6.92 Å². The molecule has 0 aromatic carbocycles. The zero-order valence-electron chi connectivity index (χ0n) is 3.78. The van der Waals surface area contributed by atoms with Crippen LogP contribution in [-0.2, 0) is 5.11 Å². The second-order valence-electron chi connectivity index (χ2n) is 1.43. The molecule has 0 saturated carbocycles. The minimum absolute atomic E-state index is 0.0330. The predicted octanol–water partition coefficient (Wildman–Crippen LogP) is 1.45. The molecular formula is C4H8BrO. The molecule has 0 fully saturated rings. The van der Waals surface area contributed by atoms with Crippen LogP contribution in [0.3, 0.4) is 0 Å². The molecule has 0 unspecified atom stereocenters. The molecule has 0 aliphatic rings. The van der Waals surface area contributed by atoms with Crippen molar-refractivity contribution in [1.29, 1.82) is 0 Å². The SMILES string of the molecule is C[C@H](C[O])CBr. The van der Waals surface area contributed by atoms with E-state index in [4.69, 9.17) is 0 Å². The summed E-state index contributed by atoms with van der Waals surface area (Å²) >= 11 is 3.17. The van der Waals surface area contributed by atoms with Gasteiger partial charge >= 0.3 is 0 Å². The molecule has 1 nitrogen and oxygen atoms in total. The molecule has 0 amide bonds. The van der Waals surface area contributed by atoms with Crippen LogP contribution in [-0.4, -0.2) is 11.9 Å². The van der Waals surface area contributed by atoms with Crippen molar-refractivity contribution < 1.29 is 5.11 Å². The zero-order chi connectivity index (χ0) is 4.99. The first kappa shape index (κ1) is 6.44. The molecule has 0 rings (SSSR count). The van der Waals surface area contributed by atoms with Gasteiger partial charge in [0.1, 0.15) is 0 Å². The summed E-state index contributed by atoms with van der Waals surface area (Å²) in [6, 6.07) is 0. The highest BCUT2D eigenvalue weighted by Gasteiger charge is 1.93. The third-order valence-corrected chi connectivity index (χ3v) is 1.65. The molecule has 0 aliphatic carbocycles. The van der Waals surface area contributed by atoms with Gasteiger partial charge in [-0.2, -0.15) is 0 Å². The lowest BCUT2D eigenvalue weighted by atomic mass is 10.2. The van der Waals surface area contributed by atoms with Crippen LogP contribution in [0.25, 0.3) is 0 Å². The fourth-order valence-electron chi connectivity index (χ4n) is 0.0445. The molecule has 0 aliphatic heterocycles. The van der Waals surface area contributed by atoms with Gasteiger partial charge in [-0.3, -0.25) is 0 Å². The van der Waals surface area contributed by atoms with E-state index in [2.05, 4.69) is 15.9 Å². The summed E-state index contributed by atoms with van der Waals surface area (Å²) in [5, 5.41) is 10.7. The third kappa shape index (κ3) is 2.67. The van der Waals surface area contributed by atoms with Gasteiger partial charge in [0.15, 0.2) is 0 Å². The summed E-state index contributed by atoms with van der Waals surface area (Å²) < 4.78 is 0. The van der Waals surface area contributed by atoms with Crippen molar-refractivity contribution >= 4 is 15.9 Å². The van der Waals surface area contributed by atoms with Gasteiger partial charge in [0.25, 0.3) is 0 Å². The summed E-state index contributed by atoms with van der Waals surface area (Å²) in [7, 11) is 0. The molecule has 0 aromatic heterocycles. The van der Waals surface area contributed by atoms with E-state index in [1.54, 1.807) is 0 Å². The first-order valence-corrected chi connectivity index (χ1v) is 3.07. The lowest BCUT2D eigenvalue weighted by Crippen LogP contribution is -1.98. The van der Waals surface area contributed by atoms with Crippen LogP contribution in [0.2, 0.25) is 0 Å². The Labute approximate surface area is 46.5 Å². The van der Waals surface area contributed by atoms with Gasteiger partial charge in [-0.25, -0.2) is 5.11 Å². The van der Waals surface area contributed by atoms with Crippen molar-refractivity contribution in [2.45, 2.75) is 6.92 Å². The summed E-state index contributed by atoms with van der Waals surface area (Å²) in [5.41, 5.74) is 0. The zero-order valence-corrected chi connectivity index (χ0v) is 5.36. The number of rotatable bonds is 2. The molecular weight excluding hydrogens is 144 g/mol. The van der Waals surface area contributed by atoms with E-state index in [0.717, 1.165) is 5.33 Å². The van der Waals surface area contributed by atoms with Gasteiger partial charge in [-0.05, 0) is 5.92 Å². The Kier molecular flexibility index (Phi) is 3.89. The van der Waals surface area contributed by atoms with Crippen molar-refractivity contribution in [3.05, 3.63) is 0 Å². The first-order valence-electron chi connectivity index (χ1n) is 1.95. The van der Waals surface area contributed by atoms with Gasteiger partial charge in [-0.15, -0.1) is 0 Å². The molecule has 1 atom stereocenters. The molecule has 0 heterocycles. The Morgan fingerprint density at radius 3 is 2.33 bits per heavy atom. The quantitative estimate of drug-likeness (QED) is 0.533. The molecule has 1 radical (unpaired) electrons. The van der Waals surface area contributed by atoms with E-state index < -0.39 is 0 Å². The standard InChI is InChI=1S/C4H8BrO/c1-4(2-5)3-6/h4H,2-3H2,1H3/t4-/m0/s1. The second-order valence-corrected chi connectivity index (χ2v) is 2.07. The Bertz CT molecular complexity index is 26.7. The van der Waals surface area contributed by atoms with E-state index in [-0.39, 0.29) is 6.61 Å². The monoisotopic (exact) mass is 151 g/mol. The highest BCUT2D eigenvalue weighted by molar-refractivity contribution is 9.09.